The molecule has 1 radical (unpaired) electrons. The smallest absolute Gasteiger partial charge is 0.158 e. The number of carbonyl (C=O) groups excluding carboxylic acids is 1. The molecule has 0 aromatic carbocycles. The van der Waals surface area contributed by atoms with Gasteiger partial charge >= 0.3 is 0 Å². The van der Waals surface area contributed by atoms with E-state index in [2.05, 4.69) is 11.2 Å². The predicted octanol–water partition coefficient (Wildman–Crippen LogP) is 0.581. The molecule has 0 atom stereocenters. The van der Waals surface area contributed by atoms with Crippen molar-refractivity contribution in [3.8, 4) is 0 Å². The molecule has 57 valence electrons. The van der Waals surface area contributed by atoms with Crippen molar-refractivity contribution in [1.82, 2.24) is 5.01 Å². The molecule has 0 fully saturated rings. The summed E-state index contributed by atoms with van der Waals surface area (Å²) in [6.45, 7) is 3.51. The zero-order valence-electron chi connectivity index (χ0n) is 6.88. The molecule has 0 bridgehead atoms. The van der Waals surface area contributed by atoms with Gasteiger partial charge in [-0.3, -0.25) is 10.1 Å². The SMILES string of the molecule is C[C-]=C1C(=O)N(C)N=C1C.[Y]. The first-order chi connectivity index (χ1) is 4.66. The Balaban J connectivity index is 0.000001000. The Kier molecular flexibility index (Phi) is 4.11. The average molecular weight is 226 g/mol. The van der Waals surface area contributed by atoms with Crippen LogP contribution >= 0.6 is 0 Å². The molecule has 0 spiro atoms. The molecule has 4 heteroatoms. The first-order valence-electron chi connectivity index (χ1n) is 3.05. The number of amides is 1. The normalized spacial score (nSPS) is 20.3. The topological polar surface area (TPSA) is 32.7 Å². The van der Waals surface area contributed by atoms with Gasteiger partial charge in [-0.2, -0.15) is 6.08 Å². The second-order valence-corrected chi connectivity index (χ2v) is 2.14. The molecule has 1 heterocycles. The summed E-state index contributed by atoms with van der Waals surface area (Å²) in [5.74, 6) is -0.0694. The first-order valence-corrected chi connectivity index (χ1v) is 3.05. The summed E-state index contributed by atoms with van der Waals surface area (Å²) in [7, 11) is 1.64. The zero-order valence-corrected chi connectivity index (χ0v) is 9.72. The van der Waals surface area contributed by atoms with Crippen molar-refractivity contribution in [2.75, 3.05) is 7.05 Å². The first kappa shape index (κ1) is 11.0. The summed E-state index contributed by atoms with van der Waals surface area (Å²) in [5.41, 5.74) is 1.33. The van der Waals surface area contributed by atoms with Gasteiger partial charge in [-0.05, 0) is 5.71 Å². The van der Waals surface area contributed by atoms with Crippen molar-refractivity contribution in [3.63, 3.8) is 0 Å². The number of hydrogen-bond acceptors (Lipinski definition) is 2. The van der Waals surface area contributed by atoms with Gasteiger partial charge in [-0.25, -0.2) is 0 Å². The molecule has 1 amide bonds. The van der Waals surface area contributed by atoms with Gasteiger partial charge in [-0.1, -0.05) is 13.8 Å². The number of carbonyl (C=O) groups is 1. The Morgan fingerprint density at radius 3 is 2.27 bits per heavy atom. The van der Waals surface area contributed by atoms with Gasteiger partial charge in [0.05, 0.1) is 0 Å². The van der Waals surface area contributed by atoms with E-state index in [1.54, 1.807) is 20.9 Å². The van der Waals surface area contributed by atoms with E-state index < -0.39 is 0 Å². The minimum atomic E-state index is -0.0694. The minimum Gasteiger partial charge on any atom is -0.345 e. The summed E-state index contributed by atoms with van der Waals surface area (Å²) in [5, 5.41) is 5.24. The van der Waals surface area contributed by atoms with Crippen LogP contribution in [0.3, 0.4) is 0 Å². The van der Waals surface area contributed by atoms with Crippen LogP contribution in [0.4, 0.5) is 0 Å². The molecule has 11 heavy (non-hydrogen) atoms. The van der Waals surface area contributed by atoms with Gasteiger partial charge in [0, 0.05) is 39.8 Å². The van der Waals surface area contributed by atoms with Crippen LogP contribution in [0, 0.1) is 6.08 Å². The molecule has 3 nitrogen and oxygen atoms in total. The summed E-state index contributed by atoms with van der Waals surface area (Å²) in [6.07, 6.45) is 2.79. The van der Waals surface area contributed by atoms with E-state index in [1.165, 1.54) is 5.01 Å². The minimum absolute atomic E-state index is 0. The summed E-state index contributed by atoms with van der Waals surface area (Å²) >= 11 is 0. The largest absolute Gasteiger partial charge is 0.345 e. The standard InChI is InChI=1S/C7H9N2O.Y/c1-4-6-5(2)8-9(3)7(6)10;/h1-3H3;/q-1;. The van der Waals surface area contributed by atoms with E-state index in [0.29, 0.717) is 5.57 Å². The maximum Gasteiger partial charge on any atom is 0.158 e. The van der Waals surface area contributed by atoms with Gasteiger partial charge in [0.2, 0.25) is 0 Å². The molecule has 0 aromatic heterocycles. The van der Waals surface area contributed by atoms with Crippen molar-refractivity contribution in [2.24, 2.45) is 5.10 Å². The van der Waals surface area contributed by atoms with Crippen LogP contribution in [0.25, 0.3) is 0 Å². The quantitative estimate of drug-likeness (QED) is 0.439. The van der Waals surface area contributed by atoms with Crippen LogP contribution in [0.2, 0.25) is 0 Å². The molecule has 0 aromatic rings. The van der Waals surface area contributed by atoms with Crippen LogP contribution in [0.1, 0.15) is 13.8 Å². The Bertz CT molecular complexity index is 233. The van der Waals surface area contributed by atoms with Gasteiger partial charge < -0.3 is 4.79 Å². The van der Waals surface area contributed by atoms with Crippen molar-refractivity contribution in [2.45, 2.75) is 13.8 Å². The Labute approximate surface area is 91.4 Å². The Morgan fingerprint density at radius 2 is 2.09 bits per heavy atom. The second kappa shape index (κ2) is 4.12. The molecule has 1 rings (SSSR count). The molecule has 1 aliphatic rings. The molecule has 1 aliphatic heterocycles. The fourth-order valence-corrected chi connectivity index (χ4v) is 0.925. The maximum atomic E-state index is 11.1. The van der Waals surface area contributed by atoms with Gasteiger partial charge in [-0.15, -0.1) is 5.57 Å². The maximum absolute atomic E-state index is 11.1. The predicted molar refractivity (Wildman–Crippen MR) is 38.3 cm³/mol. The molecule has 0 aliphatic carbocycles. The molecular weight excluding hydrogens is 217 g/mol. The number of hydrogen-bond donors (Lipinski definition) is 0. The third-order valence-electron chi connectivity index (χ3n) is 1.42. The monoisotopic (exact) mass is 226 g/mol. The third-order valence-corrected chi connectivity index (χ3v) is 1.42. The van der Waals surface area contributed by atoms with Gasteiger partial charge in [0.1, 0.15) is 0 Å². The molecule has 0 N–H and O–H groups in total. The summed E-state index contributed by atoms with van der Waals surface area (Å²) in [4.78, 5) is 11.1. The second-order valence-electron chi connectivity index (χ2n) is 2.14. The molecule has 0 saturated heterocycles. The van der Waals surface area contributed by atoms with Gasteiger partial charge in [0.25, 0.3) is 0 Å². The number of allylic oxidation sites excluding steroid dienone is 1. The Hall–Kier alpha value is -0.0161. The van der Waals surface area contributed by atoms with Crippen LogP contribution in [0.5, 0.6) is 0 Å². The van der Waals surface area contributed by atoms with E-state index in [0.717, 1.165) is 5.71 Å². The number of hydrazone groups is 1. The number of rotatable bonds is 0. The van der Waals surface area contributed by atoms with Crippen molar-refractivity contribution in [3.05, 3.63) is 11.6 Å². The molecule has 0 saturated carbocycles. The van der Waals surface area contributed by atoms with E-state index >= 15 is 0 Å². The third kappa shape index (κ3) is 1.97. The fraction of sp³-hybridized carbons (Fsp3) is 0.429. The average Bonchev–Trinajstić information content (AvgIpc) is 2.09. The van der Waals surface area contributed by atoms with E-state index in [1.807, 2.05) is 0 Å². The van der Waals surface area contributed by atoms with E-state index in [-0.39, 0.29) is 38.6 Å². The van der Waals surface area contributed by atoms with Crippen LogP contribution in [0.15, 0.2) is 10.7 Å². The number of nitrogens with zero attached hydrogens (tertiary/aromatic N) is 2. The van der Waals surface area contributed by atoms with E-state index in [9.17, 15) is 4.79 Å². The Morgan fingerprint density at radius 1 is 1.55 bits per heavy atom. The summed E-state index contributed by atoms with van der Waals surface area (Å²) in [6, 6.07) is 0. The van der Waals surface area contributed by atoms with Crippen LogP contribution < -0.4 is 0 Å². The molecule has 0 unspecified atom stereocenters. The van der Waals surface area contributed by atoms with E-state index in [4.69, 9.17) is 0 Å². The summed E-state index contributed by atoms with van der Waals surface area (Å²) < 4.78 is 0. The fourth-order valence-electron chi connectivity index (χ4n) is 0.925. The van der Waals surface area contributed by atoms with Crippen molar-refractivity contribution >= 4 is 11.6 Å². The van der Waals surface area contributed by atoms with Gasteiger partial charge in [0.15, 0.2) is 5.91 Å². The zero-order chi connectivity index (χ0) is 7.72. The molecular formula is C7H9N2OY-. The van der Waals surface area contributed by atoms with Crippen LogP contribution in [-0.2, 0) is 37.5 Å². The van der Waals surface area contributed by atoms with Crippen molar-refractivity contribution in [1.29, 1.82) is 0 Å². The van der Waals surface area contributed by atoms with Crippen molar-refractivity contribution < 1.29 is 37.5 Å². The number of likely N-dealkylation sites (N-methyl/N-ethyl adjacent to an activating group) is 1. The van der Waals surface area contributed by atoms with Crippen LogP contribution in [-0.4, -0.2) is 23.7 Å².